The zero-order valence-corrected chi connectivity index (χ0v) is 15.0. The van der Waals surface area contributed by atoms with Crippen LogP contribution >= 0.6 is 0 Å². The summed E-state index contributed by atoms with van der Waals surface area (Å²) in [5, 5.41) is 4.04. The van der Waals surface area contributed by atoms with Crippen LogP contribution in [0.1, 0.15) is 19.9 Å². The van der Waals surface area contributed by atoms with Gasteiger partial charge in [0.2, 0.25) is 11.9 Å². The van der Waals surface area contributed by atoms with E-state index in [0.29, 0.717) is 17.7 Å². The molecule has 0 radical (unpaired) electrons. The highest BCUT2D eigenvalue weighted by Crippen LogP contribution is 2.31. The number of hydrogen-bond acceptors (Lipinski definition) is 8. The predicted octanol–water partition coefficient (Wildman–Crippen LogP) is 2.77. The molecule has 0 aliphatic rings. The number of aromatic nitrogens is 6. The largest absolute Gasteiger partial charge is 0.394 e. The Hall–Kier alpha value is -3.75. The maximum absolute atomic E-state index is 5.72. The Bertz CT molecular complexity index is 1120. The standard InChI is InChI=1S/C18H19N9/c1-10(2)27-9-12(11-3-5-21-8-15(11)27)14-4-6-22-17(24-14)26-18-23-7-13(19)16(20)25-18/h3-10H,19H2,1-2H3,(H3,20,22,23,24,25,26). The highest BCUT2D eigenvalue weighted by molar-refractivity contribution is 5.94. The van der Waals surface area contributed by atoms with E-state index in [1.165, 1.54) is 6.20 Å². The van der Waals surface area contributed by atoms with E-state index in [1.807, 2.05) is 18.3 Å². The molecule has 0 bridgehead atoms. The van der Waals surface area contributed by atoms with Crippen LogP contribution in [-0.2, 0) is 0 Å². The van der Waals surface area contributed by atoms with Gasteiger partial charge in [-0.15, -0.1) is 0 Å². The van der Waals surface area contributed by atoms with Gasteiger partial charge in [-0.3, -0.25) is 10.3 Å². The Balaban J connectivity index is 1.75. The molecule has 0 aliphatic carbocycles. The minimum atomic E-state index is 0.205. The topological polar surface area (TPSA) is 133 Å². The maximum atomic E-state index is 5.72. The summed E-state index contributed by atoms with van der Waals surface area (Å²) in [7, 11) is 0. The third-order valence-corrected chi connectivity index (χ3v) is 4.20. The van der Waals surface area contributed by atoms with Crippen LogP contribution in [0, 0.1) is 0 Å². The molecule has 4 aromatic rings. The molecule has 4 rings (SSSR count). The Morgan fingerprint density at radius 2 is 1.81 bits per heavy atom. The van der Waals surface area contributed by atoms with E-state index in [2.05, 4.69) is 54.8 Å². The van der Waals surface area contributed by atoms with Crippen molar-refractivity contribution in [2.45, 2.75) is 19.9 Å². The van der Waals surface area contributed by atoms with Crippen molar-refractivity contribution in [3.8, 4) is 11.3 Å². The van der Waals surface area contributed by atoms with Crippen molar-refractivity contribution in [2.75, 3.05) is 16.8 Å². The predicted molar refractivity (Wildman–Crippen MR) is 105 cm³/mol. The van der Waals surface area contributed by atoms with Crippen molar-refractivity contribution >= 4 is 34.3 Å². The number of anilines is 4. The minimum absolute atomic E-state index is 0.205. The lowest BCUT2D eigenvalue weighted by Crippen LogP contribution is -2.05. The number of fused-ring (bicyclic) bond motifs is 1. The van der Waals surface area contributed by atoms with Crippen LogP contribution in [0.3, 0.4) is 0 Å². The van der Waals surface area contributed by atoms with E-state index in [1.54, 1.807) is 12.4 Å². The molecule has 4 heterocycles. The molecule has 5 N–H and O–H groups in total. The van der Waals surface area contributed by atoms with Gasteiger partial charge in [-0.25, -0.2) is 15.0 Å². The van der Waals surface area contributed by atoms with E-state index in [9.17, 15) is 0 Å². The van der Waals surface area contributed by atoms with Crippen LogP contribution in [0.2, 0.25) is 0 Å². The van der Waals surface area contributed by atoms with Gasteiger partial charge < -0.3 is 16.0 Å². The van der Waals surface area contributed by atoms with Gasteiger partial charge in [0.1, 0.15) is 0 Å². The average Bonchev–Trinajstić information content (AvgIpc) is 3.05. The minimum Gasteiger partial charge on any atom is -0.394 e. The summed E-state index contributed by atoms with van der Waals surface area (Å²) < 4.78 is 2.18. The Morgan fingerprint density at radius 1 is 1.00 bits per heavy atom. The van der Waals surface area contributed by atoms with Gasteiger partial charge in [0.05, 0.1) is 29.3 Å². The van der Waals surface area contributed by atoms with Gasteiger partial charge in [0, 0.05) is 35.6 Å². The Labute approximate surface area is 155 Å². The van der Waals surface area contributed by atoms with E-state index in [0.717, 1.165) is 22.2 Å². The van der Waals surface area contributed by atoms with Gasteiger partial charge in [0.15, 0.2) is 5.82 Å². The fourth-order valence-corrected chi connectivity index (χ4v) is 2.86. The van der Waals surface area contributed by atoms with Crippen molar-refractivity contribution in [2.24, 2.45) is 0 Å². The molecule has 0 unspecified atom stereocenters. The summed E-state index contributed by atoms with van der Waals surface area (Å²) in [5.74, 6) is 0.861. The molecule has 0 aromatic carbocycles. The molecule has 136 valence electrons. The van der Waals surface area contributed by atoms with Crippen LogP contribution < -0.4 is 16.8 Å². The first-order chi connectivity index (χ1) is 13.0. The van der Waals surface area contributed by atoms with E-state index < -0.39 is 0 Å². The first kappa shape index (κ1) is 16.7. The number of pyridine rings is 1. The number of rotatable bonds is 4. The molecular weight excluding hydrogens is 342 g/mol. The van der Waals surface area contributed by atoms with Gasteiger partial charge in [-0.1, -0.05) is 0 Å². The zero-order chi connectivity index (χ0) is 19.0. The Kier molecular flexibility index (Phi) is 4.03. The summed E-state index contributed by atoms with van der Waals surface area (Å²) in [6, 6.07) is 4.15. The van der Waals surface area contributed by atoms with Crippen LogP contribution in [0.15, 0.2) is 43.1 Å². The summed E-state index contributed by atoms with van der Waals surface area (Å²) >= 11 is 0. The quantitative estimate of drug-likeness (QED) is 0.505. The number of hydrogen-bond donors (Lipinski definition) is 3. The van der Waals surface area contributed by atoms with E-state index >= 15 is 0 Å². The lowest BCUT2D eigenvalue weighted by molar-refractivity contribution is 0.622. The Morgan fingerprint density at radius 3 is 2.59 bits per heavy atom. The van der Waals surface area contributed by atoms with Crippen LogP contribution in [0.25, 0.3) is 22.2 Å². The summed E-state index contributed by atoms with van der Waals surface area (Å²) in [6.07, 6.45) is 8.86. The summed E-state index contributed by atoms with van der Waals surface area (Å²) in [6.45, 7) is 4.26. The second kappa shape index (κ2) is 6.52. The zero-order valence-electron chi connectivity index (χ0n) is 15.0. The van der Waals surface area contributed by atoms with Crippen molar-refractivity contribution < 1.29 is 0 Å². The lowest BCUT2D eigenvalue weighted by atomic mass is 10.1. The monoisotopic (exact) mass is 361 g/mol. The second-order valence-corrected chi connectivity index (χ2v) is 6.36. The smallest absolute Gasteiger partial charge is 0.231 e. The average molecular weight is 361 g/mol. The second-order valence-electron chi connectivity index (χ2n) is 6.36. The first-order valence-electron chi connectivity index (χ1n) is 8.46. The molecule has 0 saturated heterocycles. The highest BCUT2D eigenvalue weighted by atomic mass is 15.2. The van der Waals surface area contributed by atoms with Crippen molar-refractivity contribution in [1.82, 2.24) is 29.5 Å². The van der Waals surface area contributed by atoms with Gasteiger partial charge in [-0.2, -0.15) is 4.98 Å². The molecule has 0 spiro atoms. The first-order valence-corrected chi connectivity index (χ1v) is 8.46. The number of nitrogens with one attached hydrogen (secondary N) is 1. The highest BCUT2D eigenvalue weighted by Gasteiger charge is 2.14. The molecule has 9 nitrogen and oxygen atoms in total. The molecule has 0 atom stereocenters. The molecular formula is C18H19N9. The van der Waals surface area contributed by atoms with Crippen LogP contribution in [-0.4, -0.2) is 29.5 Å². The molecule has 0 aliphatic heterocycles. The van der Waals surface area contributed by atoms with Crippen LogP contribution in [0.5, 0.6) is 0 Å². The molecule has 0 amide bonds. The maximum Gasteiger partial charge on any atom is 0.231 e. The van der Waals surface area contributed by atoms with Gasteiger partial charge >= 0.3 is 0 Å². The SMILES string of the molecule is CC(C)n1cc(-c2ccnc(Nc3ncc(N)c(N)n3)n2)c2ccncc21. The van der Waals surface area contributed by atoms with Gasteiger partial charge in [0.25, 0.3) is 0 Å². The van der Waals surface area contributed by atoms with Crippen molar-refractivity contribution in [3.05, 3.63) is 43.1 Å². The molecule has 0 fully saturated rings. The van der Waals surface area contributed by atoms with Gasteiger partial charge in [-0.05, 0) is 26.0 Å². The number of nitrogens with two attached hydrogens (primary N) is 2. The van der Waals surface area contributed by atoms with Crippen molar-refractivity contribution in [3.63, 3.8) is 0 Å². The fourth-order valence-electron chi connectivity index (χ4n) is 2.86. The molecule has 4 aromatic heterocycles. The fraction of sp³-hybridized carbons (Fsp3) is 0.167. The van der Waals surface area contributed by atoms with E-state index in [-0.39, 0.29) is 11.8 Å². The number of nitrogens with zero attached hydrogens (tertiary/aromatic N) is 6. The summed E-state index contributed by atoms with van der Waals surface area (Å²) in [5.41, 5.74) is 14.5. The van der Waals surface area contributed by atoms with Crippen LogP contribution in [0.4, 0.5) is 23.4 Å². The molecule has 27 heavy (non-hydrogen) atoms. The van der Waals surface area contributed by atoms with E-state index in [4.69, 9.17) is 11.5 Å². The third-order valence-electron chi connectivity index (χ3n) is 4.20. The van der Waals surface area contributed by atoms with Crippen molar-refractivity contribution in [1.29, 1.82) is 0 Å². The normalized spacial score (nSPS) is 11.2. The lowest BCUT2D eigenvalue weighted by Gasteiger charge is -2.08. The summed E-state index contributed by atoms with van der Waals surface area (Å²) in [4.78, 5) is 21.3. The molecule has 0 saturated carbocycles. The third kappa shape index (κ3) is 3.10. The number of nitrogen functional groups attached to an aromatic ring is 2. The molecule has 9 heteroatoms.